The molecule has 18 heavy (non-hydrogen) atoms. The van der Waals surface area contributed by atoms with Crippen molar-refractivity contribution < 1.29 is 4.42 Å². The molecule has 94 valence electrons. The third kappa shape index (κ3) is 1.97. The van der Waals surface area contributed by atoms with Crippen LogP contribution in [0.1, 0.15) is 46.9 Å². The van der Waals surface area contributed by atoms with Crippen LogP contribution in [0.15, 0.2) is 34.9 Å². The lowest BCUT2D eigenvalue weighted by Gasteiger charge is -2.19. The van der Waals surface area contributed by atoms with Crippen LogP contribution in [0.3, 0.4) is 0 Å². The summed E-state index contributed by atoms with van der Waals surface area (Å²) in [6.45, 7) is 1.97. The molecule has 2 nitrogen and oxygen atoms in total. The Morgan fingerprint density at radius 1 is 1.11 bits per heavy atom. The molecule has 0 bridgehead atoms. The van der Waals surface area contributed by atoms with Crippen LogP contribution < -0.4 is 5.73 Å². The van der Waals surface area contributed by atoms with Gasteiger partial charge in [-0.15, -0.1) is 0 Å². The van der Waals surface area contributed by atoms with Gasteiger partial charge in [0.1, 0.15) is 5.76 Å². The summed E-state index contributed by atoms with van der Waals surface area (Å²) in [6, 6.07) is 8.60. The quantitative estimate of drug-likeness (QED) is 0.873. The first-order chi connectivity index (χ1) is 8.75. The number of hydrogen-bond donors (Lipinski definition) is 1. The van der Waals surface area contributed by atoms with Crippen molar-refractivity contribution in [2.45, 2.75) is 38.6 Å². The van der Waals surface area contributed by atoms with E-state index in [0.717, 1.165) is 11.3 Å². The zero-order valence-corrected chi connectivity index (χ0v) is 10.8. The van der Waals surface area contributed by atoms with Crippen LogP contribution >= 0.6 is 0 Å². The molecular weight excluding hydrogens is 222 g/mol. The zero-order valence-electron chi connectivity index (χ0n) is 10.8. The molecule has 0 aliphatic heterocycles. The third-order valence-electron chi connectivity index (χ3n) is 3.97. The van der Waals surface area contributed by atoms with E-state index >= 15 is 0 Å². The van der Waals surface area contributed by atoms with Crippen LogP contribution in [0.4, 0.5) is 0 Å². The second kappa shape index (κ2) is 4.62. The Balaban J connectivity index is 1.95. The summed E-state index contributed by atoms with van der Waals surface area (Å²) in [6.07, 6.45) is 6.74. The molecule has 2 heteroatoms. The maximum absolute atomic E-state index is 6.33. The molecule has 1 aromatic heterocycles. The summed E-state index contributed by atoms with van der Waals surface area (Å²) in [7, 11) is 0. The first kappa shape index (κ1) is 11.5. The molecule has 0 amide bonds. The van der Waals surface area contributed by atoms with Gasteiger partial charge in [-0.05, 0) is 55.4 Å². The van der Waals surface area contributed by atoms with Gasteiger partial charge in [-0.2, -0.15) is 0 Å². The smallest absolute Gasteiger partial charge is 0.105 e. The standard InChI is InChI=1S/C16H19NO/c1-11-15(8-9-18-11)16(17)14-7-6-12-4-2-3-5-13(12)10-14/h6-10,16H,2-5,17H2,1H3. The number of fused-ring (bicyclic) bond motifs is 1. The van der Waals surface area contributed by atoms with Crippen molar-refractivity contribution in [3.8, 4) is 0 Å². The number of furan rings is 1. The first-order valence-corrected chi connectivity index (χ1v) is 6.67. The van der Waals surface area contributed by atoms with Crippen LogP contribution in [0.2, 0.25) is 0 Å². The Labute approximate surface area is 108 Å². The van der Waals surface area contributed by atoms with Gasteiger partial charge in [-0.3, -0.25) is 0 Å². The van der Waals surface area contributed by atoms with Crippen molar-refractivity contribution in [1.82, 2.24) is 0 Å². The zero-order chi connectivity index (χ0) is 12.5. The van der Waals surface area contributed by atoms with Crippen molar-refractivity contribution in [3.05, 3.63) is 58.5 Å². The molecule has 1 atom stereocenters. The minimum Gasteiger partial charge on any atom is -0.469 e. The molecule has 1 heterocycles. The number of nitrogens with two attached hydrogens (primary N) is 1. The summed E-state index contributed by atoms with van der Waals surface area (Å²) in [4.78, 5) is 0. The third-order valence-corrected chi connectivity index (χ3v) is 3.97. The average Bonchev–Trinajstić information content (AvgIpc) is 2.83. The number of rotatable bonds is 2. The van der Waals surface area contributed by atoms with Gasteiger partial charge in [0.15, 0.2) is 0 Å². The van der Waals surface area contributed by atoms with Gasteiger partial charge in [-0.1, -0.05) is 18.2 Å². The lowest BCUT2D eigenvalue weighted by atomic mass is 9.88. The largest absolute Gasteiger partial charge is 0.469 e. The second-order valence-electron chi connectivity index (χ2n) is 5.15. The van der Waals surface area contributed by atoms with E-state index in [9.17, 15) is 0 Å². The summed E-state index contributed by atoms with van der Waals surface area (Å²) in [5.41, 5.74) is 11.6. The van der Waals surface area contributed by atoms with Crippen molar-refractivity contribution in [2.75, 3.05) is 0 Å². The van der Waals surface area contributed by atoms with Gasteiger partial charge >= 0.3 is 0 Å². The first-order valence-electron chi connectivity index (χ1n) is 6.67. The summed E-state index contributed by atoms with van der Waals surface area (Å²) >= 11 is 0. The fourth-order valence-electron chi connectivity index (χ4n) is 2.84. The van der Waals surface area contributed by atoms with Crippen molar-refractivity contribution in [1.29, 1.82) is 0 Å². The Kier molecular flexibility index (Phi) is 2.96. The number of benzene rings is 1. The van der Waals surface area contributed by atoms with Gasteiger partial charge in [-0.25, -0.2) is 0 Å². The van der Waals surface area contributed by atoms with Gasteiger partial charge in [0.2, 0.25) is 0 Å². The highest BCUT2D eigenvalue weighted by molar-refractivity contribution is 5.39. The maximum Gasteiger partial charge on any atom is 0.105 e. The lowest BCUT2D eigenvalue weighted by Crippen LogP contribution is -2.13. The molecule has 1 aliphatic rings. The molecule has 0 radical (unpaired) electrons. The Bertz CT molecular complexity index is 556. The lowest BCUT2D eigenvalue weighted by molar-refractivity contribution is 0.527. The van der Waals surface area contributed by atoms with Crippen LogP contribution in [-0.4, -0.2) is 0 Å². The molecule has 1 aliphatic carbocycles. The van der Waals surface area contributed by atoms with E-state index in [2.05, 4.69) is 18.2 Å². The molecule has 2 aromatic rings. The molecule has 0 saturated heterocycles. The normalized spacial score (nSPS) is 16.3. The molecular formula is C16H19NO. The van der Waals surface area contributed by atoms with Crippen molar-refractivity contribution in [2.24, 2.45) is 5.73 Å². The topological polar surface area (TPSA) is 39.2 Å². The molecule has 3 rings (SSSR count). The van der Waals surface area contributed by atoms with Gasteiger partial charge in [0.05, 0.1) is 12.3 Å². The summed E-state index contributed by atoms with van der Waals surface area (Å²) in [5.74, 6) is 0.917. The van der Waals surface area contributed by atoms with Crippen LogP contribution in [0.5, 0.6) is 0 Å². The predicted octanol–water partition coefficient (Wildman–Crippen LogP) is 3.51. The van der Waals surface area contributed by atoms with Gasteiger partial charge < -0.3 is 10.2 Å². The summed E-state index contributed by atoms with van der Waals surface area (Å²) < 4.78 is 5.34. The highest BCUT2D eigenvalue weighted by Gasteiger charge is 2.16. The van der Waals surface area contributed by atoms with E-state index in [1.807, 2.05) is 13.0 Å². The van der Waals surface area contributed by atoms with Gasteiger partial charge in [0.25, 0.3) is 0 Å². The van der Waals surface area contributed by atoms with Crippen LogP contribution in [0, 0.1) is 6.92 Å². The summed E-state index contributed by atoms with van der Waals surface area (Å²) in [5, 5.41) is 0. The van der Waals surface area contributed by atoms with E-state index in [1.165, 1.54) is 42.4 Å². The predicted molar refractivity (Wildman–Crippen MR) is 72.6 cm³/mol. The average molecular weight is 241 g/mol. The molecule has 0 spiro atoms. The van der Waals surface area contributed by atoms with Crippen LogP contribution in [0.25, 0.3) is 0 Å². The van der Waals surface area contributed by atoms with E-state index in [4.69, 9.17) is 10.2 Å². The van der Waals surface area contributed by atoms with E-state index in [-0.39, 0.29) is 6.04 Å². The van der Waals surface area contributed by atoms with Crippen molar-refractivity contribution in [3.63, 3.8) is 0 Å². The minimum atomic E-state index is -0.0732. The monoisotopic (exact) mass is 241 g/mol. The fourth-order valence-corrected chi connectivity index (χ4v) is 2.84. The highest BCUT2D eigenvalue weighted by Crippen LogP contribution is 2.28. The Morgan fingerprint density at radius 3 is 2.61 bits per heavy atom. The SMILES string of the molecule is Cc1occc1C(N)c1ccc2c(c1)CCCC2. The molecule has 1 unspecified atom stereocenters. The fraction of sp³-hybridized carbons (Fsp3) is 0.375. The molecule has 2 N–H and O–H groups in total. The molecule has 0 saturated carbocycles. The Morgan fingerprint density at radius 2 is 1.89 bits per heavy atom. The van der Waals surface area contributed by atoms with E-state index in [0.29, 0.717) is 0 Å². The van der Waals surface area contributed by atoms with Gasteiger partial charge in [0, 0.05) is 5.56 Å². The second-order valence-corrected chi connectivity index (χ2v) is 5.15. The van der Waals surface area contributed by atoms with Crippen LogP contribution in [-0.2, 0) is 12.8 Å². The van der Waals surface area contributed by atoms with E-state index < -0.39 is 0 Å². The molecule has 0 fully saturated rings. The van der Waals surface area contributed by atoms with Crippen molar-refractivity contribution >= 4 is 0 Å². The van der Waals surface area contributed by atoms with E-state index in [1.54, 1.807) is 6.26 Å². The highest BCUT2D eigenvalue weighted by atomic mass is 16.3. The number of hydrogen-bond acceptors (Lipinski definition) is 2. The molecule has 1 aromatic carbocycles. The minimum absolute atomic E-state index is 0.0732. The maximum atomic E-state index is 6.33. The number of aryl methyl sites for hydroxylation is 3. The Hall–Kier alpha value is -1.54.